The van der Waals surface area contributed by atoms with Gasteiger partial charge in [-0.2, -0.15) is 0 Å². The van der Waals surface area contributed by atoms with Crippen molar-refractivity contribution in [3.8, 4) is 0 Å². The van der Waals surface area contributed by atoms with E-state index in [9.17, 15) is 9.59 Å². The molecule has 2 aromatic rings. The fourth-order valence-corrected chi connectivity index (χ4v) is 5.20. The second kappa shape index (κ2) is 5.36. The second-order valence-electron chi connectivity index (χ2n) is 7.98. The van der Waals surface area contributed by atoms with Crippen molar-refractivity contribution < 1.29 is 9.59 Å². The van der Waals surface area contributed by atoms with E-state index in [0.29, 0.717) is 6.54 Å². The first-order valence-corrected chi connectivity index (χ1v) is 9.82. The molecular formula is C19H20N4O2S. The Hall–Kier alpha value is -2.28. The molecule has 0 radical (unpaired) electrons. The van der Waals surface area contributed by atoms with Gasteiger partial charge in [-0.1, -0.05) is 6.92 Å². The third-order valence-corrected chi connectivity index (χ3v) is 7.31. The molecule has 2 saturated carbocycles. The highest BCUT2D eigenvalue weighted by Crippen LogP contribution is 2.58. The number of hydrogen-bond acceptors (Lipinski definition) is 5. The Morgan fingerprint density at radius 2 is 2.00 bits per heavy atom. The van der Waals surface area contributed by atoms with E-state index in [4.69, 9.17) is 0 Å². The summed E-state index contributed by atoms with van der Waals surface area (Å²) in [5, 5.41) is 2.67. The summed E-state index contributed by atoms with van der Waals surface area (Å²) in [5.41, 5.74) is 1.58. The maximum atomic E-state index is 13.0. The van der Waals surface area contributed by atoms with Crippen molar-refractivity contribution in [1.82, 2.24) is 14.9 Å². The molecule has 0 saturated heterocycles. The third kappa shape index (κ3) is 2.53. The van der Waals surface area contributed by atoms with Gasteiger partial charge in [0.05, 0.1) is 4.88 Å². The standard InChI is InChI=1S/C19H20N4O2S/c1-18(3-4-18)13-9-12-15(26-13)16(25)23(11-19(12)5-6-19)10-14(24)22-17-20-7-2-8-21-17/h2,7-9H,3-6,10-11H2,1H3,(H,20,21,22,24). The highest BCUT2D eigenvalue weighted by Gasteiger charge is 2.54. The van der Waals surface area contributed by atoms with E-state index in [1.165, 1.54) is 23.3 Å². The average Bonchev–Trinajstić information content (AvgIpc) is 3.52. The molecule has 1 spiro atoms. The summed E-state index contributed by atoms with van der Waals surface area (Å²) in [7, 11) is 0. The predicted octanol–water partition coefficient (Wildman–Crippen LogP) is 2.72. The molecular weight excluding hydrogens is 348 g/mol. The minimum Gasteiger partial charge on any atom is -0.328 e. The highest BCUT2D eigenvalue weighted by atomic mass is 32.1. The number of nitrogens with zero attached hydrogens (tertiary/aromatic N) is 3. The molecule has 2 aromatic heterocycles. The van der Waals surface area contributed by atoms with Gasteiger partial charge in [0.25, 0.3) is 5.91 Å². The van der Waals surface area contributed by atoms with E-state index in [1.54, 1.807) is 34.7 Å². The molecule has 3 heterocycles. The van der Waals surface area contributed by atoms with Crippen LogP contribution in [0.3, 0.4) is 0 Å². The average molecular weight is 368 g/mol. The zero-order valence-corrected chi connectivity index (χ0v) is 15.4. The van der Waals surface area contributed by atoms with E-state index >= 15 is 0 Å². The van der Waals surface area contributed by atoms with Gasteiger partial charge in [-0.05, 0) is 43.4 Å². The van der Waals surface area contributed by atoms with E-state index < -0.39 is 0 Å². The Morgan fingerprint density at radius 3 is 2.65 bits per heavy atom. The maximum Gasteiger partial charge on any atom is 0.264 e. The first-order chi connectivity index (χ1) is 12.5. The Kier molecular flexibility index (Phi) is 3.28. The van der Waals surface area contributed by atoms with E-state index in [1.807, 2.05) is 0 Å². The summed E-state index contributed by atoms with van der Waals surface area (Å²) in [4.78, 5) is 37.3. The number of amides is 2. The van der Waals surface area contributed by atoms with Gasteiger partial charge in [0.1, 0.15) is 6.54 Å². The second-order valence-corrected chi connectivity index (χ2v) is 9.03. The van der Waals surface area contributed by atoms with Crippen LogP contribution in [0.1, 0.15) is 52.7 Å². The predicted molar refractivity (Wildman–Crippen MR) is 98.4 cm³/mol. The van der Waals surface area contributed by atoms with Gasteiger partial charge in [0, 0.05) is 34.6 Å². The summed E-state index contributed by atoms with van der Waals surface area (Å²) < 4.78 is 0. The third-order valence-electron chi connectivity index (χ3n) is 5.88. The first-order valence-electron chi connectivity index (χ1n) is 9.00. The summed E-state index contributed by atoms with van der Waals surface area (Å²) >= 11 is 1.64. The van der Waals surface area contributed by atoms with Crippen LogP contribution in [0, 0.1) is 0 Å². The maximum absolute atomic E-state index is 13.0. The lowest BCUT2D eigenvalue weighted by Crippen LogP contribution is -2.46. The van der Waals surface area contributed by atoms with Crippen molar-refractivity contribution >= 4 is 29.1 Å². The van der Waals surface area contributed by atoms with Crippen LogP contribution >= 0.6 is 11.3 Å². The van der Waals surface area contributed by atoms with Crippen LogP contribution in [-0.4, -0.2) is 39.8 Å². The van der Waals surface area contributed by atoms with Crippen molar-refractivity contribution in [3.63, 3.8) is 0 Å². The summed E-state index contributed by atoms with van der Waals surface area (Å²) in [5.74, 6) is 0.000685. The molecule has 0 atom stereocenters. The van der Waals surface area contributed by atoms with Gasteiger partial charge < -0.3 is 4.90 Å². The molecule has 5 rings (SSSR count). The number of anilines is 1. The van der Waals surface area contributed by atoms with Crippen LogP contribution in [0.5, 0.6) is 0 Å². The Morgan fingerprint density at radius 1 is 1.27 bits per heavy atom. The zero-order chi connectivity index (χ0) is 17.9. The first kappa shape index (κ1) is 15.9. The van der Waals surface area contributed by atoms with Gasteiger partial charge in [0.2, 0.25) is 11.9 Å². The molecule has 6 nitrogen and oxygen atoms in total. The summed E-state index contributed by atoms with van der Waals surface area (Å²) in [6.07, 6.45) is 7.76. The van der Waals surface area contributed by atoms with E-state index in [-0.39, 0.29) is 35.1 Å². The van der Waals surface area contributed by atoms with Gasteiger partial charge in [-0.15, -0.1) is 11.3 Å². The van der Waals surface area contributed by atoms with Crippen LogP contribution in [0.15, 0.2) is 24.5 Å². The van der Waals surface area contributed by atoms with Gasteiger partial charge >= 0.3 is 0 Å². The lowest BCUT2D eigenvalue weighted by Gasteiger charge is -2.32. The van der Waals surface area contributed by atoms with Gasteiger partial charge in [-0.3, -0.25) is 14.9 Å². The number of nitrogens with one attached hydrogen (secondary N) is 1. The monoisotopic (exact) mass is 368 g/mol. The van der Waals surface area contributed by atoms with Gasteiger partial charge in [-0.25, -0.2) is 9.97 Å². The van der Waals surface area contributed by atoms with Gasteiger partial charge in [0.15, 0.2) is 0 Å². The van der Waals surface area contributed by atoms with Crippen molar-refractivity contribution in [2.45, 2.75) is 43.4 Å². The molecule has 0 unspecified atom stereocenters. The molecule has 26 heavy (non-hydrogen) atoms. The lowest BCUT2D eigenvalue weighted by atomic mass is 9.90. The quantitative estimate of drug-likeness (QED) is 0.900. The topological polar surface area (TPSA) is 75.2 Å². The number of carbonyl (C=O) groups excluding carboxylic acids is 2. The van der Waals surface area contributed by atoms with Crippen LogP contribution < -0.4 is 5.32 Å². The fraction of sp³-hybridized carbons (Fsp3) is 0.474. The van der Waals surface area contributed by atoms with Crippen LogP contribution in [0.25, 0.3) is 0 Å². The van der Waals surface area contributed by atoms with Crippen LogP contribution in [0.4, 0.5) is 5.95 Å². The number of carbonyl (C=O) groups is 2. The Bertz CT molecular complexity index is 900. The SMILES string of the molecule is CC1(c2cc3c(s2)C(=O)N(CC(=O)Nc2ncccn2)CC32CC2)CC1. The molecule has 3 aliphatic rings. The van der Waals surface area contributed by atoms with E-state index in [0.717, 1.165) is 17.7 Å². The van der Waals surface area contributed by atoms with Crippen molar-refractivity contribution in [3.05, 3.63) is 39.8 Å². The van der Waals surface area contributed by atoms with Crippen molar-refractivity contribution in [2.24, 2.45) is 0 Å². The molecule has 134 valence electrons. The minimum atomic E-state index is -0.255. The summed E-state index contributed by atoms with van der Waals surface area (Å²) in [6, 6.07) is 3.98. The highest BCUT2D eigenvalue weighted by molar-refractivity contribution is 7.14. The normalized spacial score (nSPS) is 21.4. The number of thiophene rings is 1. The Balaban J connectivity index is 1.37. The molecule has 0 bridgehead atoms. The molecule has 0 aromatic carbocycles. The molecule has 2 aliphatic carbocycles. The number of hydrogen-bond donors (Lipinski definition) is 1. The fourth-order valence-electron chi connectivity index (χ4n) is 3.75. The smallest absolute Gasteiger partial charge is 0.264 e. The number of rotatable bonds is 4. The van der Waals surface area contributed by atoms with E-state index in [2.05, 4.69) is 28.3 Å². The summed E-state index contributed by atoms with van der Waals surface area (Å²) in [6.45, 7) is 2.96. The lowest BCUT2D eigenvalue weighted by molar-refractivity contribution is -0.117. The van der Waals surface area contributed by atoms with Crippen LogP contribution in [0.2, 0.25) is 0 Å². The molecule has 1 N–H and O–H groups in total. The van der Waals surface area contributed by atoms with Crippen LogP contribution in [-0.2, 0) is 15.6 Å². The minimum absolute atomic E-state index is 0.0119. The van der Waals surface area contributed by atoms with Crippen molar-refractivity contribution in [1.29, 1.82) is 0 Å². The van der Waals surface area contributed by atoms with Crippen molar-refractivity contribution in [2.75, 3.05) is 18.4 Å². The Labute approximate surface area is 155 Å². The number of aromatic nitrogens is 2. The molecule has 1 aliphatic heterocycles. The molecule has 7 heteroatoms. The molecule has 2 fully saturated rings. The number of fused-ring (bicyclic) bond motifs is 2. The largest absolute Gasteiger partial charge is 0.328 e. The zero-order valence-electron chi connectivity index (χ0n) is 14.6. The molecule has 2 amide bonds.